The highest BCUT2D eigenvalue weighted by molar-refractivity contribution is 7.80. The van der Waals surface area contributed by atoms with Gasteiger partial charge in [0.15, 0.2) is 16.6 Å². The molecule has 0 bridgehead atoms. The number of hydrogen-bond acceptors (Lipinski definition) is 6. The molecule has 0 fully saturated rings. The van der Waals surface area contributed by atoms with Crippen molar-refractivity contribution in [3.63, 3.8) is 0 Å². The van der Waals surface area contributed by atoms with E-state index in [1.807, 2.05) is 30.3 Å². The number of nitrogens with one attached hydrogen (secondary N) is 2. The molecule has 0 aromatic heterocycles. The van der Waals surface area contributed by atoms with Crippen molar-refractivity contribution in [3.05, 3.63) is 83.9 Å². The lowest BCUT2D eigenvalue weighted by molar-refractivity contribution is 0.0729. The normalized spacial score (nSPS) is 10.5. The number of carbonyl (C=O) groups is 1. The Morgan fingerprint density at radius 3 is 2.50 bits per heavy atom. The van der Waals surface area contributed by atoms with Gasteiger partial charge in [0.2, 0.25) is 0 Å². The van der Waals surface area contributed by atoms with Crippen LogP contribution in [0.1, 0.15) is 35.7 Å². The standard InChI is InChI=1S/C26H27N3O4S/c1-3-4-16-32-22-13-11-20(12-14-22)25(30)33-23-15-10-19(17-24(23)31-2)18-27-29-26(34)28-21-8-6-5-7-9-21/h5-15,17-18H,3-4,16H2,1-2H3,(H2,28,29,34)/b27-18+. The molecule has 2 N–H and O–H groups in total. The van der Waals surface area contributed by atoms with E-state index < -0.39 is 5.97 Å². The van der Waals surface area contributed by atoms with Crippen molar-refractivity contribution in [3.8, 4) is 17.2 Å². The first kappa shape index (κ1) is 24.7. The summed E-state index contributed by atoms with van der Waals surface area (Å²) in [7, 11) is 1.51. The molecule has 3 aromatic rings. The zero-order chi connectivity index (χ0) is 24.2. The molecule has 0 aliphatic heterocycles. The molecule has 176 valence electrons. The molecule has 0 aliphatic carbocycles. The van der Waals surface area contributed by atoms with Crippen LogP contribution < -0.4 is 25.0 Å². The summed E-state index contributed by atoms with van der Waals surface area (Å²) in [5, 5.41) is 7.52. The summed E-state index contributed by atoms with van der Waals surface area (Å²) in [5.41, 5.74) is 4.77. The Hall–Kier alpha value is -3.91. The van der Waals surface area contributed by atoms with E-state index in [-0.39, 0.29) is 0 Å². The van der Waals surface area contributed by atoms with Gasteiger partial charge in [0.25, 0.3) is 0 Å². The molecule has 0 radical (unpaired) electrons. The lowest BCUT2D eigenvalue weighted by atomic mass is 10.2. The van der Waals surface area contributed by atoms with E-state index in [0.29, 0.717) is 28.8 Å². The summed E-state index contributed by atoms with van der Waals surface area (Å²) in [4.78, 5) is 12.6. The number of hydrazone groups is 1. The highest BCUT2D eigenvalue weighted by atomic mass is 32.1. The number of carbonyl (C=O) groups excluding carboxylic acids is 1. The lowest BCUT2D eigenvalue weighted by Crippen LogP contribution is -2.23. The van der Waals surface area contributed by atoms with Crippen molar-refractivity contribution in [2.24, 2.45) is 5.10 Å². The monoisotopic (exact) mass is 477 g/mol. The maximum atomic E-state index is 12.6. The Balaban J connectivity index is 1.57. The van der Waals surface area contributed by atoms with Gasteiger partial charge in [0.05, 0.1) is 25.5 Å². The Morgan fingerprint density at radius 2 is 1.79 bits per heavy atom. The van der Waals surface area contributed by atoms with Crippen LogP contribution in [0, 0.1) is 0 Å². The van der Waals surface area contributed by atoms with E-state index >= 15 is 0 Å². The predicted molar refractivity (Wildman–Crippen MR) is 138 cm³/mol. The van der Waals surface area contributed by atoms with Gasteiger partial charge in [-0.15, -0.1) is 0 Å². The van der Waals surface area contributed by atoms with Crippen LogP contribution in [0.15, 0.2) is 77.9 Å². The number of unbranched alkanes of at least 4 members (excludes halogenated alkanes) is 1. The zero-order valence-electron chi connectivity index (χ0n) is 19.1. The first-order valence-corrected chi connectivity index (χ1v) is 11.3. The minimum absolute atomic E-state index is 0.308. The van der Waals surface area contributed by atoms with E-state index in [4.69, 9.17) is 26.4 Å². The highest BCUT2D eigenvalue weighted by Crippen LogP contribution is 2.28. The molecule has 3 rings (SSSR count). The molecular weight excluding hydrogens is 450 g/mol. The van der Waals surface area contributed by atoms with Crippen LogP contribution in [-0.4, -0.2) is 31.0 Å². The summed E-state index contributed by atoms with van der Waals surface area (Å²) >= 11 is 5.22. The van der Waals surface area contributed by atoms with Crippen molar-refractivity contribution in [1.82, 2.24) is 5.43 Å². The molecule has 0 spiro atoms. The second kappa shape index (κ2) is 13.0. The van der Waals surface area contributed by atoms with Crippen molar-refractivity contribution in [2.45, 2.75) is 19.8 Å². The van der Waals surface area contributed by atoms with Crippen LogP contribution in [0.5, 0.6) is 17.2 Å². The van der Waals surface area contributed by atoms with Gasteiger partial charge in [-0.1, -0.05) is 31.5 Å². The van der Waals surface area contributed by atoms with Crippen molar-refractivity contribution < 1.29 is 19.0 Å². The number of thiocarbonyl (C=S) groups is 1. The van der Waals surface area contributed by atoms with Crippen LogP contribution in [-0.2, 0) is 0 Å². The minimum Gasteiger partial charge on any atom is -0.494 e. The van der Waals surface area contributed by atoms with Crippen LogP contribution in [0.4, 0.5) is 5.69 Å². The zero-order valence-corrected chi connectivity index (χ0v) is 19.9. The number of anilines is 1. The lowest BCUT2D eigenvalue weighted by Gasteiger charge is -2.11. The van der Waals surface area contributed by atoms with Crippen LogP contribution in [0.3, 0.4) is 0 Å². The van der Waals surface area contributed by atoms with E-state index in [1.54, 1.807) is 48.7 Å². The van der Waals surface area contributed by atoms with E-state index in [2.05, 4.69) is 22.8 Å². The predicted octanol–water partition coefficient (Wildman–Crippen LogP) is 5.41. The molecule has 0 amide bonds. The number of rotatable bonds is 10. The minimum atomic E-state index is -0.487. The van der Waals surface area contributed by atoms with Gasteiger partial charge >= 0.3 is 5.97 Å². The van der Waals surface area contributed by atoms with Crippen LogP contribution in [0.2, 0.25) is 0 Å². The number of nitrogens with zero attached hydrogens (tertiary/aromatic N) is 1. The largest absolute Gasteiger partial charge is 0.494 e. The second-order valence-corrected chi connectivity index (χ2v) is 7.62. The average Bonchev–Trinajstić information content (AvgIpc) is 2.86. The highest BCUT2D eigenvalue weighted by Gasteiger charge is 2.13. The smallest absolute Gasteiger partial charge is 0.343 e. The Labute approximate surface area is 204 Å². The first-order valence-electron chi connectivity index (χ1n) is 10.9. The number of ether oxygens (including phenoxy) is 3. The molecule has 0 unspecified atom stereocenters. The fourth-order valence-electron chi connectivity index (χ4n) is 2.88. The molecule has 7 nitrogen and oxygen atoms in total. The number of esters is 1. The maximum absolute atomic E-state index is 12.6. The SMILES string of the molecule is CCCCOc1ccc(C(=O)Oc2ccc(/C=N/NC(=S)Nc3ccccc3)cc2OC)cc1. The summed E-state index contributed by atoms with van der Waals surface area (Å²) in [5.74, 6) is 0.945. The van der Waals surface area contributed by atoms with Gasteiger partial charge in [-0.2, -0.15) is 5.10 Å². The van der Waals surface area contributed by atoms with E-state index in [9.17, 15) is 4.79 Å². The number of methoxy groups -OCH3 is 1. The third kappa shape index (κ3) is 7.60. The fraction of sp³-hybridized carbons (Fsp3) is 0.192. The molecule has 0 atom stereocenters. The molecule has 0 aliphatic rings. The molecule has 0 saturated carbocycles. The van der Waals surface area contributed by atoms with E-state index in [0.717, 1.165) is 29.8 Å². The third-order valence-electron chi connectivity index (χ3n) is 4.66. The van der Waals surface area contributed by atoms with Gasteiger partial charge in [-0.05, 0) is 78.8 Å². The Bertz CT molecular complexity index is 1120. The quantitative estimate of drug-likeness (QED) is 0.101. The van der Waals surface area contributed by atoms with Gasteiger partial charge in [0, 0.05) is 5.69 Å². The molecule has 3 aromatic carbocycles. The van der Waals surface area contributed by atoms with Crippen LogP contribution in [0.25, 0.3) is 0 Å². The van der Waals surface area contributed by atoms with Crippen molar-refractivity contribution in [1.29, 1.82) is 0 Å². The number of para-hydroxylation sites is 1. The van der Waals surface area contributed by atoms with E-state index in [1.165, 1.54) is 7.11 Å². The molecular formula is C26H27N3O4S. The summed E-state index contributed by atoms with van der Waals surface area (Å²) in [6.45, 7) is 2.75. The molecule has 34 heavy (non-hydrogen) atoms. The number of hydrogen-bond donors (Lipinski definition) is 2. The fourth-order valence-corrected chi connectivity index (χ4v) is 3.05. The maximum Gasteiger partial charge on any atom is 0.343 e. The summed E-state index contributed by atoms with van der Waals surface area (Å²) in [6, 6.07) is 21.5. The van der Waals surface area contributed by atoms with Gasteiger partial charge in [0.1, 0.15) is 5.75 Å². The molecule has 8 heteroatoms. The number of benzene rings is 3. The van der Waals surface area contributed by atoms with Gasteiger partial charge in [-0.25, -0.2) is 4.79 Å². The van der Waals surface area contributed by atoms with Crippen LogP contribution >= 0.6 is 12.2 Å². The third-order valence-corrected chi connectivity index (χ3v) is 4.85. The average molecular weight is 478 g/mol. The van der Waals surface area contributed by atoms with Gasteiger partial charge in [-0.3, -0.25) is 5.43 Å². The molecule has 0 saturated heterocycles. The summed E-state index contributed by atoms with van der Waals surface area (Å²) < 4.78 is 16.5. The molecule has 0 heterocycles. The second-order valence-electron chi connectivity index (χ2n) is 7.22. The first-order chi connectivity index (χ1) is 16.6. The Kier molecular flexibility index (Phi) is 9.42. The van der Waals surface area contributed by atoms with Crippen molar-refractivity contribution >= 4 is 35.2 Å². The van der Waals surface area contributed by atoms with Crippen molar-refractivity contribution in [2.75, 3.05) is 19.0 Å². The topological polar surface area (TPSA) is 81.2 Å². The Morgan fingerprint density at radius 1 is 1.03 bits per heavy atom. The summed E-state index contributed by atoms with van der Waals surface area (Å²) in [6.07, 6.45) is 3.63. The van der Waals surface area contributed by atoms with Gasteiger partial charge < -0.3 is 19.5 Å².